The molecular weight excluding hydrogens is 369 g/mol. The second kappa shape index (κ2) is 7.50. The molecule has 0 saturated carbocycles. The molecule has 0 aliphatic carbocycles. The van der Waals surface area contributed by atoms with Crippen molar-refractivity contribution in [3.05, 3.63) is 77.6 Å². The number of carbonyl (C=O) groups is 1. The third-order valence-electron chi connectivity index (χ3n) is 4.96. The number of carbonyl (C=O) groups excluding carboxylic acids is 1. The number of para-hydroxylation sites is 2. The molecule has 2 heterocycles. The van der Waals surface area contributed by atoms with E-state index in [4.69, 9.17) is 0 Å². The van der Waals surface area contributed by atoms with E-state index in [1.54, 1.807) is 23.0 Å². The molecule has 1 amide bonds. The van der Waals surface area contributed by atoms with E-state index in [9.17, 15) is 9.18 Å². The van der Waals surface area contributed by atoms with Crippen LogP contribution in [0.15, 0.2) is 54.7 Å². The van der Waals surface area contributed by atoms with Gasteiger partial charge in [-0.05, 0) is 42.3 Å². The Morgan fingerprint density at radius 3 is 2.55 bits per heavy atom. The second-order valence-corrected chi connectivity index (χ2v) is 7.24. The molecule has 0 bridgehead atoms. The molecule has 4 aromatic rings. The predicted molar refractivity (Wildman–Crippen MR) is 109 cm³/mol. The molecule has 0 aliphatic heterocycles. The van der Waals surface area contributed by atoms with Gasteiger partial charge in [0.2, 0.25) is 0 Å². The number of nitrogens with zero attached hydrogens (tertiary/aromatic N) is 4. The number of amides is 1. The van der Waals surface area contributed by atoms with Crippen molar-refractivity contribution in [1.29, 1.82) is 0 Å². The topological polar surface area (TPSA) is 64.7 Å². The van der Waals surface area contributed by atoms with Crippen molar-refractivity contribution in [1.82, 2.24) is 24.6 Å². The van der Waals surface area contributed by atoms with Crippen LogP contribution < -0.4 is 5.32 Å². The van der Waals surface area contributed by atoms with Crippen LogP contribution in [0.5, 0.6) is 0 Å². The van der Waals surface area contributed by atoms with Gasteiger partial charge in [-0.3, -0.25) is 4.79 Å². The van der Waals surface area contributed by atoms with E-state index >= 15 is 0 Å². The molecule has 2 aromatic carbocycles. The molecule has 0 saturated heterocycles. The van der Waals surface area contributed by atoms with Crippen molar-refractivity contribution >= 4 is 16.9 Å². The maximum absolute atomic E-state index is 13.3. The van der Waals surface area contributed by atoms with Gasteiger partial charge in [0.1, 0.15) is 11.6 Å². The van der Waals surface area contributed by atoms with Gasteiger partial charge in [0.25, 0.3) is 5.91 Å². The molecule has 0 aliphatic rings. The Hall–Kier alpha value is -3.48. The molecule has 1 N–H and O–H groups in total. The van der Waals surface area contributed by atoms with Crippen molar-refractivity contribution in [3.8, 4) is 5.69 Å². The Bertz CT molecular complexity index is 1170. The van der Waals surface area contributed by atoms with Crippen LogP contribution in [-0.2, 0) is 13.6 Å². The average molecular weight is 391 g/mol. The maximum atomic E-state index is 13.3. The van der Waals surface area contributed by atoms with Crippen LogP contribution in [0, 0.1) is 5.82 Å². The van der Waals surface area contributed by atoms with Crippen LogP contribution in [0.3, 0.4) is 0 Å². The summed E-state index contributed by atoms with van der Waals surface area (Å²) < 4.78 is 16.9. The number of aryl methyl sites for hydroxylation is 1. The standard InChI is InChI=1S/C22H22FN5O/c1-14(2)21-17(12-25-28(21)16-10-8-15(23)9-11-16)22(29)24-13-20-26-18-6-4-5-7-19(18)27(20)3/h4-12,14H,13H2,1-3H3,(H,24,29). The fourth-order valence-electron chi connectivity index (χ4n) is 3.48. The maximum Gasteiger partial charge on any atom is 0.255 e. The van der Waals surface area contributed by atoms with Crippen molar-refractivity contribution < 1.29 is 9.18 Å². The summed E-state index contributed by atoms with van der Waals surface area (Å²) in [5.41, 5.74) is 3.90. The van der Waals surface area contributed by atoms with Crippen LogP contribution in [0.1, 0.15) is 41.6 Å². The third-order valence-corrected chi connectivity index (χ3v) is 4.96. The number of hydrogen-bond acceptors (Lipinski definition) is 3. The number of halogens is 1. The first-order valence-corrected chi connectivity index (χ1v) is 9.48. The summed E-state index contributed by atoms with van der Waals surface area (Å²) in [6.07, 6.45) is 1.56. The Morgan fingerprint density at radius 2 is 1.86 bits per heavy atom. The molecule has 0 unspecified atom stereocenters. The van der Waals surface area contributed by atoms with Gasteiger partial charge in [-0.25, -0.2) is 14.1 Å². The van der Waals surface area contributed by atoms with E-state index in [1.807, 2.05) is 49.7 Å². The van der Waals surface area contributed by atoms with Gasteiger partial charge < -0.3 is 9.88 Å². The molecule has 0 atom stereocenters. The van der Waals surface area contributed by atoms with Gasteiger partial charge in [0, 0.05) is 7.05 Å². The highest BCUT2D eigenvalue weighted by molar-refractivity contribution is 5.95. The number of aromatic nitrogens is 4. The molecular formula is C22H22FN5O. The lowest BCUT2D eigenvalue weighted by Gasteiger charge is -2.13. The highest BCUT2D eigenvalue weighted by Crippen LogP contribution is 2.23. The minimum absolute atomic E-state index is 0.0547. The third kappa shape index (κ3) is 3.51. The number of benzene rings is 2. The summed E-state index contributed by atoms with van der Waals surface area (Å²) in [5, 5.41) is 7.33. The van der Waals surface area contributed by atoms with E-state index < -0.39 is 0 Å². The number of rotatable bonds is 5. The lowest BCUT2D eigenvalue weighted by Crippen LogP contribution is -2.25. The Kier molecular flexibility index (Phi) is 4.88. The van der Waals surface area contributed by atoms with Gasteiger partial charge >= 0.3 is 0 Å². The number of hydrogen-bond donors (Lipinski definition) is 1. The van der Waals surface area contributed by atoms with Gasteiger partial charge in [-0.1, -0.05) is 26.0 Å². The predicted octanol–water partition coefficient (Wildman–Crippen LogP) is 3.95. The van der Waals surface area contributed by atoms with Crippen LogP contribution in [0.4, 0.5) is 4.39 Å². The normalized spacial score (nSPS) is 11.3. The summed E-state index contributed by atoms with van der Waals surface area (Å²) in [7, 11) is 1.93. The molecule has 2 aromatic heterocycles. The zero-order valence-corrected chi connectivity index (χ0v) is 16.6. The molecule has 6 nitrogen and oxygen atoms in total. The van der Waals surface area contributed by atoms with Gasteiger partial charge in [0.15, 0.2) is 0 Å². The van der Waals surface area contributed by atoms with Gasteiger partial charge in [0.05, 0.1) is 40.7 Å². The number of nitrogens with one attached hydrogen (secondary N) is 1. The molecule has 29 heavy (non-hydrogen) atoms. The lowest BCUT2D eigenvalue weighted by atomic mass is 10.0. The minimum Gasteiger partial charge on any atom is -0.345 e. The smallest absolute Gasteiger partial charge is 0.255 e. The quantitative estimate of drug-likeness (QED) is 0.560. The largest absolute Gasteiger partial charge is 0.345 e. The van der Waals surface area contributed by atoms with Crippen LogP contribution >= 0.6 is 0 Å². The molecule has 0 spiro atoms. The lowest BCUT2D eigenvalue weighted by molar-refractivity contribution is 0.0948. The molecule has 148 valence electrons. The Labute approximate surface area is 168 Å². The van der Waals surface area contributed by atoms with Crippen LogP contribution in [-0.4, -0.2) is 25.2 Å². The van der Waals surface area contributed by atoms with Gasteiger partial charge in [-0.15, -0.1) is 0 Å². The molecule has 0 radical (unpaired) electrons. The molecule has 7 heteroatoms. The molecule has 0 fully saturated rings. The fraction of sp³-hybridized carbons (Fsp3) is 0.227. The van der Waals surface area contributed by atoms with E-state index in [1.165, 1.54) is 12.1 Å². The van der Waals surface area contributed by atoms with Crippen LogP contribution in [0.25, 0.3) is 16.7 Å². The van der Waals surface area contributed by atoms with E-state index in [-0.39, 0.29) is 17.6 Å². The Morgan fingerprint density at radius 1 is 1.14 bits per heavy atom. The van der Waals surface area contributed by atoms with E-state index in [0.29, 0.717) is 17.8 Å². The summed E-state index contributed by atoms with van der Waals surface area (Å²) in [6.45, 7) is 4.31. The van der Waals surface area contributed by atoms with Crippen molar-refractivity contribution in [3.63, 3.8) is 0 Å². The first kappa shape index (κ1) is 18.9. The number of fused-ring (bicyclic) bond motifs is 1. The zero-order valence-electron chi connectivity index (χ0n) is 16.6. The first-order chi connectivity index (χ1) is 14.0. The van der Waals surface area contributed by atoms with Crippen molar-refractivity contribution in [2.24, 2.45) is 7.05 Å². The average Bonchev–Trinajstić information content (AvgIpc) is 3.29. The first-order valence-electron chi connectivity index (χ1n) is 9.48. The summed E-state index contributed by atoms with van der Waals surface area (Å²) in [5.74, 6) is 0.303. The van der Waals surface area contributed by atoms with Crippen LogP contribution in [0.2, 0.25) is 0 Å². The SMILES string of the molecule is CC(C)c1c(C(=O)NCc2nc3ccccc3n2C)cnn1-c1ccc(F)cc1. The minimum atomic E-state index is -0.313. The Balaban J connectivity index is 1.60. The molecule has 4 rings (SSSR count). The second-order valence-electron chi connectivity index (χ2n) is 7.24. The summed E-state index contributed by atoms with van der Waals surface area (Å²) in [6, 6.07) is 13.9. The monoisotopic (exact) mass is 391 g/mol. The fourth-order valence-corrected chi connectivity index (χ4v) is 3.48. The highest BCUT2D eigenvalue weighted by Gasteiger charge is 2.21. The van der Waals surface area contributed by atoms with E-state index in [2.05, 4.69) is 15.4 Å². The summed E-state index contributed by atoms with van der Waals surface area (Å²) in [4.78, 5) is 17.5. The number of imidazole rings is 1. The zero-order chi connectivity index (χ0) is 20.5. The highest BCUT2D eigenvalue weighted by atomic mass is 19.1. The van der Waals surface area contributed by atoms with Crippen molar-refractivity contribution in [2.45, 2.75) is 26.3 Å². The van der Waals surface area contributed by atoms with Crippen molar-refractivity contribution in [2.75, 3.05) is 0 Å². The summed E-state index contributed by atoms with van der Waals surface area (Å²) >= 11 is 0. The van der Waals surface area contributed by atoms with Gasteiger partial charge in [-0.2, -0.15) is 5.10 Å². The van der Waals surface area contributed by atoms with E-state index in [0.717, 1.165) is 22.6 Å².